The highest BCUT2D eigenvalue weighted by atomic mass is 16.2. The summed E-state index contributed by atoms with van der Waals surface area (Å²) in [4.78, 5) is 11.6. The van der Waals surface area contributed by atoms with Gasteiger partial charge in [-0.2, -0.15) is 0 Å². The zero-order valence-electron chi connectivity index (χ0n) is 9.99. The van der Waals surface area contributed by atoms with Crippen molar-refractivity contribution in [2.75, 3.05) is 0 Å². The molecular formula is C14H19NO. The lowest BCUT2D eigenvalue weighted by Gasteiger charge is -2.32. The molecule has 1 saturated heterocycles. The van der Waals surface area contributed by atoms with E-state index in [9.17, 15) is 4.79 Å². The van der Waals surface area contributed by atoms with Gasteiger partial charge in [0.15, 0.2) is 0 Å². The van der Waals surface area contributed by atoms with Crippen LogP contribution in [-0.4, -0.2) is 11.9 Å². The topological polar surface area (TPSA) is 29.1 Å². The Bertz CT molecular complexity index is 374. The van der Waals surface area contributed by atoms with Gasteiger partial charge in [0, 0.05) is 17.9 Å². The number of amides is 1. The Labute approximate surface area is 97.1 Å². The van der Waals surface area contributed by atoms with E-state index in [0.29, 0.717) is 6.42 Å². The minimum absolute atomic E-state index is 0.00704. The predicted octanol–water partition coefficient (Wildman–Crippen LogP) is 2.63. The van der Waals surface area contributed by atoms with E-state index in [-0.39, 0.29) is 17.4 Å². The fourth-order valence-electron chi connectivity index (χ4n) is 2.89. The van der Waals surface area contributed by atoms with Crippen LogP contribution in [0, 0.1) is 0 Å². The SMILES string of the molecule is CCCC1(c2ccccc2)CC(=O)NC1C. The minimum Gasteiger partial charge on any atom is -0.353 e. The van der Waals surface area contributed by atoms with Crippen LogP contribution < -0.4 is 5.32 Å². The van der Waals surface area contributed by atoms with Crippen LogP contribution in [0.5, 0.6) is 0 Å². The average Bonchev–Trinajstić information content (AvgIpc) is 2.57. The van der Waals surface area contributed by atoms with Gasteiger partial charge in [-0.1, -0.05) is 43.7 Å². The second-order valence-electron chi connectivity index (χ2n) is 4.74. The van der Waals surface area contributed by atoms with Gasteiger partial charge in [-0.25, -0.2) is 0 Å². The smallest absolute Gasteiger partial charge is 0.221 e. The van der Waals surface area contributed by atoms with Crippen LogP contribution in [0.15, 0.2) is 30.3 Å². The van der Waals surface area contributed by atoms with Crippen LogP contribution in [0.1, 0.15) is 38.7 Å². The Hall–Kier alpha value is -1.31. The normalized spacial score (nSPS) is 29.1. The summed E-state index contributed by atoms with van der Waals surface area (Å²) in [6.07, 6.45) is 2.80. The van der Waals surface area contributed by atoms with E-state index >= 15 is 0 Å². The fraction of sp³-hybridized carbons (Fsp3) is 0.500. The Kier molecular flexibility index (Phi) is 2.99. The molecule has 0 aliphatic carbocycles. The average molecular weight is 217 g/mol. The standard InChI is InChI=1S/C14H19NO/c1-3-9-14(10-13(16)15-11(14)2)12-7-5-4-6-8-12/h4-8,11H,3,9-10H2,1-2H3,(H,15,16). The molecule has 0 bridgehead atoms. The molecule has 0 saturated carbocycles. The molecule has 16 heavy (non-hydrogen) atoms. The van der Waals surface area contributed by atoms with Crippen LogP contribution in [0.4, 0.5) is 0 Å². The number of nitrogens with one attached hydrogen (secondary N) is 1. The Balaban J connectivity index is 2.40. The molecule has 1 aromatic rings. The summed E-state index contributed by atoms with van der Waals surface area (Å²) >= 11 is 0. The van der Waals surface area contributed by atoms with Crippen molar-refractivity contribution in [1.29, 1.82) is 0 Å². The van der Waals surface area contributed by atoms with Crippen molar-refractivity contribution in [2.45, 2.75) is 44.6 Å². The first-order chi connectivity index (χ1) is 7.69. The van der Waals surface area contributed by atoms with E-state index < -0.39 is 0 Å². The molecule has 1 N–H and O–H groups in total. The van der Waals surface area contributed by atoms with Gasteiger partial charge in [-0.15, -0.1) is 0 Å². The maximum Gasteiger partial charge on any atom is 0.221 e. The van der Waals surface area contributed by atoms with Crippen molar-refractivity contribution in [3.8, 4) is 0 Å². The zero-order chi connectivity index (χ0) is 11.6. The minimum atomic E-state index is 0.00704. The van der Waals surface area contributed by atoms with E-state index in [1.54, 1.807) is 0 Å². The van der Waals surface area contributed by atoms with Gasteiger partial charge in [0.1, 0.15) is 0 Å². The zero-order valence-corrected chi connectivity index (χ0v) is 9.99. The van der Waals surface area contributed by atoms with Crippen LogP contribution in [0.25, 0.3) is 0 Å². The summed E-state index contributed by atoms with van der Waals surface area (Å²) in [6, 6.07) is 10.7. The number of hydrogen-bond donors (Lipinski definition) is 1. The van der Waals surface area contributed by atoms with Crippen LogP contribution in [-0.2, 0) is 10.2 Å². The number of benzene rings is 1. The van der Waals surface area contributed by atoms with Crippen LogP contribution in [0.2, 0.25) is 0 Å². The molecular weight excluding hydrogens is 198 g/mol. The van der Waals surface area contributed by atoms with E-state index in [2.05, 4.69) is 43.4 Å². The monoisotopic (exact) mass is 217 g/mol. The lowest BCUT2D eigenvalue weighted by Crippen LogP contribution is -2.38. The molecule has 2 nitrogen and oxygen atoms in total. The van der Waals surface area contributed by atoms with Gasteiger partial charge in [0.05, 0.1) is 0 Å². The van der Waals surface area contributed by atoms with Crippen molar-refractivity contribution in [2.24, 2.45) is 0 Å². The number of hydrogen-bond acceptors (Lipinski definition) is 1. The molecule has 2 heteroatoms. The molecule has 86 valence electrons. The van der Waals surface area contributed by atoms with Crippen molar-refractivity contribution < 1.29 is 4.79 Å². The quantitative estimate of drug-likeness (QED) is 0.828. The highest BCUT2D eigenvalue weighted by Crippen LogP contribution is 2.39. The molecule has 2 atom stereocenters. The Morgan fingerprint density at radius 2 is 2.06 bits per heavy atom. The molecule has 0 radical (unpaired) electrons. The maximum absolute atomic E-state index is 11.6. The molecule has 0 aromatic heterocycles. The van der Waals surface area contributed by atoms with Gasteiger partial charge in [-0.3, -0.25) is 4.79 Å². The lowest BCUT2D eigenvalue weighted by molar-refractivity contribution is -0.119. The summed E-state index contributed by atoms with van der Waals surface area (Å²) in [5.74, 6) is 0.185. The molecule has 1 amide bonds. The molecule has 2 unspecified atom stereocenters. The Morgan fingerprint density at radius 1 is 1.38 bits per heavy atom. The number of carbonyl (C=O) groups excluding carboxylic acids is 1. The first kappa shape index (κ1) is 11.2. The first-order valence-corrected chi connectivity index (χ1v) is 6.04. The van der Waals surface area contributed by atoms with E-state index in [1.807, 2.05) is 6.07 Å². The van der Waals surface area contributed by atoms with Crippen LogP contribution >= 0.6 is 0 Å². The van der Waals surface area contributed by atoms with E-state index in [4.69, 9.17) is 0 Å². The second kappa shape index (κ2) is 4.28. The van der Waals surface area contributed by atoms with Gasteiger partial charge in [0.25, 0.3) is 0 Å². The number of carbonyl (C=O) groups is 1. The summed E-state index contributed by atoms with van der Waals surface area (Å²) in [5.41, 5.74) is 1.30. The van der Waals surface area contributed by atoms with Gasteiger partial charge < -0.3 is 5.32 Å². The first-order valence-electron chi connectivity index (χ1n) is 6.04. The largest absolute Gasteiger partial charge is 0.353 e. The Morgan fingerprint density at radius 3 is 2.56 bits per heavy atom. The van der Waals surface area contributed by atoms with Crippen molar-refractivity contribution in [3.63, 3.8) is 0 Å². The third-order valence-electron chi connectivity index (χ3n) is 3.73. The molecule has 1 aliphatic heterocycles. The van der Waals surface area contributed by atoms with Crippen molar-refractivity contribution in [1.82, 2.24) is 5.32 Å². The third kappa shape index (κ3) is 1.73. The maximum atomic E-state index is 11.6. The van der Waals surface area contributed by atoms with Crippen LogP contribution in [0.3, 0.4) is 0 Å². The predicted molar refractivity (Wildman–Crippen MR) is 65.2 cm³/mol. The lowest BCUT2D eigenvalue weighted by atomic mass is 9.71. The summed E-state index contributed by atoms with van der Waals surface area (Å²) in [6.45, 7) is 4.30. The molecule has 0 spiro atoms. The number of rotatable bonds is 3. The van der Waals surface area contributed by atoms with E-state index in [1.165, 1.54) is 5.56 Å². The van der Waals surface area contributed by atoms with Crippen molar-refractivity contribution in [3.05, 3.63) is 35.9 Å². The van der Waals surface area contributed by atoms with Gasteiger partial charge in [0.2, 0.25) is 5.91 Å². The summed E-state index contributed by atoms with van der Waals surface area (Å²) in [5, 5.41) is 3.05. The highest BCUT2D eigenvalue weighted by molar-refractivity contribution is 5.81. The van der Waals surface area contributed by atoms with Crippen molar-refractivity contribution >= 4 is 5.91 Å². The van der Waals surface area contributed by atoms with Gasteiger partial charge >= 0.3 is 0 Å². The van der Waals surface area contributed by atoms with E-state index in [0.717, 1.165) is 12.8 Å². The summed E-state index contributed by atoms with van der Waals surface area (Å²) in [7, 11) is 0. The molecule has 1 fully saturated rings. The third-order valence-corrected chi connectivity index (χ3v) is 3.73. The van der Waals surface area contributed by atoms with Gasteiger partial charge in [-0.05, 0) is 18.9 Å². The second-order valence-corrected chi connectivity index (χ2v) is 4.74. The summed E-state index contributed by atoms with van der Waals surface area (Å²) < 4.78 is 0. The molecule has 1 aliphatic rings. The highest BCUT2D eigenvalue weighted by Gasteiger charge is 2.44. The molecule has 1 heterocycles. The fourth-order valence-corrected chi connectivity index (χ4v) is 2.89. The molecule has 1 aromatic carbocycles. The molecule has 2 rings (SSSR count).